The lowest BCUT2D eigenvalue weighted by Crippen LogP contribution is -2.17. The quantitative estimate of drug-likeness (QED) is 0.187. The summed E-state index contributed by atoms with van der Waals surface area (Å²) >= 11 is 0. The van der Waals surface area contributed by atoms with Gasteiger partial charge in [0.25, 0.3) is 0 Å². The summed E-state index contributed by atoms with van der Waals surface area (Å²) in [6.07, 6.45) is 16.2. The van der Waals surface area contributed by atoms with Gasteiger partial charge in [0.15, 0.2) is 0 Å². The number of unbranched alkanes of at least 4 members (excludes halogenated alkanes) is 2. The van der Waals surface area contributed by atoms with E-state index < -0.39 is 11.4 Å². The smallest absolute Gasteiger partial charge is 0.346 e. The maximum atomic E-state index is 15.8. The van der Waals surface area contributed by atoms with Gasteiger partial charge in [0.1, 0.15) is 22.8 Å². The van der Waals surface area contributed by atoms with Crippen molar-refractivity contribution in [2.75, 3.05) is 0 Å². The number of benzene rings is 2. The minimum absolute atomic E-state index is 0.0256. The molecule has 0 saturated heterocycles. The first kappa shape index (κ1) is 28.8. The van der Waals surface area contributed by atoms with Gasteiger partial charge in [-0.15, -0.1) is 6.58 Å². The van der Waals surface area contributed by atoms with Gasteiger partial charge in [0.05, 0.1) is 0 Å². The third kappa shape index (κ3) is 6.42. The Hall–Kier alpha value is -2.75. The van der Waals surface area contributed by atoms with Crippen LogP contribution in [0, 0.1) is 17.6 Å². The van der Waals surface area contributed by atoms with Crippen LogP contribution in [-0.4, -0.2) is 0 Å². The Morgan fingerprint density at radius 1 is 0.875 bits per heavy atom. The second kappa shape index (κ2) is 13.3. The Labute approximate surface area is 237 Å². The highest BCUT2D eigenvalue weighted by molar-refractivity contribution is 5.83. The predicted octanol–water partition coefficient (Wildman–Crippen LogP) is 10.5. The molecule has 5 rings (SSSR count). The molecule has 0 bridgehead atoms. The van der Waals surface area contributed by atoms with Crippen LogP contribution >= 0.6 is 0 Å². The van der Waals surface area contributed by atoms with Crippen molar-refractivity contribution in [3.05, 3.63) is 93.6 Å². The van der Waals surface area contributed by atoms with E-state index in [1.54, 1.807) is 6.07 Å². The van der Waals surface area contributed by atoms with Gasteiger partial charge in [-0.25, -0.2) is 13.6 Å². The number of halogens is 2. The van der Waals surface area contributed by atoms with E-state index in [1.807, 2.05) is 36.4 Å². The molecule has 0 aliphatic heterocycles. The Morgan fingerprint density at radius 2 is 1.55 bits per heavy atom. The summed E-state index contributed by atoms with van der Waals surface area (Å²) in [5.74, 6) is 1.34. The molecule has 4 heteroatoms. The second-order valence-electron chi connectivity index (χ2n) is 12.3. The van der Waals surface area contributed by atoms with E-state index in [4.69, 9.17) is 4.42 Å². The maximum Gasteiger partial charge on any atom is 0.346 e. The molecular formula is C36H44F2O2. The normalized spacial score (nSPS) is 23.4. The van der Waals surface area contributed by atoms with Crippen molar-refractivity contribution in [3.63, 3.8) is 0 Å². The zero-order valence-corrected chi connectivity index (χ0v) is 24.0. The van der Waals surface area contributed by atoms with Gasteiger partial charge < -0.3 is 4.42 Å². The summed E-state index contributed by atoms with van der Waals surface area (Å²) in [6.45, 7) is 5.98. The molecule has 0 unspecified atom stereocenters. The summed E-state index contributed by atoms with van der Waals surface area (Å²) in [5.41, 5.74) is 1.80. The van der Waals surface area contributed by atoms with Crippen LogP contribution in [0.15, 0.2) is 58.3 Å². The Bertz CT molecular complexity index is 1360. The van der Waals surface area contributed by atoms with E-state index in [2.05, 4.69) is 13.5 Å². The van der Waals surface area contributed by atoms with Crippen LogP contribution in [0.25, 0.3) is 10.8 Å². The molecule has 0 atom stereocenters. The van der Waals surface area contributed by atoms with E-state index in [-0.39, 0.29) is 29.0 Å². The number of rotatable bonds is 10. The third-order valence-electron chi connectivity index (χ3n) is 9.69. The van der Waals surface area contributed by atoms with Gasteiger partial charge in [-0.05, 0) is 116 Å². The molecule has 40 heavy (non-hydrogen) atoms. The summed E-state index contributed by atoms with van der Waals surface area (Å²) in [6, 6.07) is 11.3. The van der Waals surface area contributed by atoms with Crippen molar-refractivity contribution in [3.8, 4) is 0 Å². The molecule has 2 fully saturated rings. The molecule has 0 N–H and O–H groups in total. The fourth-order valence-corrected chi connectivity index (χ4v) is 7.25. The number of allylic oxidation sites excluding steroid dienone is 1. The van der Waals surface area contributed by atoms with Crippen LogP contribution in [-0.2, 0) is 6.42 Å². The molecule has 2 nitrogen and oxygen atoms in total. The predicted molar refractivity (Wildman–Crippen MR) is 160 cm³/mol. The van der Waals surface area contributed by atoms with Crippen LogP contribution in [0.2, 0.25) is 0 Å². The molecule has 214 valence electrons. The molecule has 3 aromatic rings. The zero-order chi connectivity index (χ0) is 28.1. The fraction of sp³-hybridized carbons (Fsp3) is 0.528. The van der Waals surface area contributed by atoms with Gasteiger partial charge in [-0.3, -0.25) is 0 Å². The SMILES string of the molecule is C=CCCc1ccc(C2CCC(c3ccc4cc(C5CCC(CCCCC)CC5)oc(=O)c4c3F)CC2)c(F)c1. The molecule has 2 saturated carbocycles. The highest BCUT2D eigenvalue weighted by Gasteiger charge is 2.29. The van der Waals surface area contributed by atoms with E-state index in [9.17, 15) is 9.18 Å². The van der Waals surface area contributed by atoms with E-state index in [1.165, 1.54) is 38.5 Å². The standard InChI is InChI=1S/C36H44F2O2/c1-3-5-7-9-24-10-13-28(14-11-24)33-23-29-19-21-31(35(38)34(29)36(39)40-33)27-17-15-26(16-18-27)30-20-12-25(8-6-4-2)22-32(30)37/h4,12,19-24,26-28H,2-3,5-11,13-18H2,1H3. The lowest BCUT2D eigenvalue weighted by molar-refractivity contribution is 0.276. The monoisotopic (exact) mass is 546 g/mol. The minimum atomic E-state index is -0.552. The summed E-state index contributed by atoms with van der Waals surface area (Å²) in [4.78, 5) is 13.1. The fourth-order valence-electron chi connectivity index (χ4n) is 7.25. The molecule has 0 spiro atoms. The molecule has 2 aromatic carbocycles. The largest absolute Gasteiger partial charge is 0.427 e. The van der Waals surface area contributed by atoms with Crippen LogP contribution in [0.1, 0.15) is 131 Å². The third-order valence-corrected chi connectivity index (χ3v) is 9.69. The van der Waals surface area contributed by atoms with Crippen molar-refractivity contribution >= 4 is 10.8 Å². The molecule has 0 radical (unpaired) electrons. The molecular weight excluding hydrogens is 502 g/mol. The van der Waals surface area contributed by atoms with Gasteiger partial charge in [-0.1, -0.05) is 62.9 Å². The number of fused-ring (bicyclic) bond motifs is 1. The first-order valence-electron chi connectivity index (χ1n) is 15.6. The molecule has 0 amide bonds. The summed E-state index contributed by atoms with van der Waals surface area (Å²) in [7, 11) is 0. The summed E-state index contributed by atoms with van der Waals surface area (Å²) < 4.78 is 36.4. The van der Waals surface area contributed by atoms with Gasteiger partial charge >= 0.3 is 5.63 Å². The Balaban J connectivity index is 1.25. The second-order valence-corrected chi connectivity index (χ2v) is 12.3. The molecule has 1 heterocycles. The van der Waals surface area contributed by atoms with Crippen molar-refractivity contribution in [1.29, 1.82) is 0 Å². The first-order chi connectivity index (χ1) is 19.5. The van der Waals surface area contributed by atoms with Crippen molar-refractivity contribution in [2.24, 2.45) is 5.92 Å². The summed E-state index contributed by atoms with van der Waals surface area (Å²) in [5, 5.41) is 0.725. The lowest BCUT2D eigenvalue weighted by Gasteiger charge is -2.30. The molecule has 1 aromatic heterocycles. The van der Waals surface area contributed by atoms with Crippen molar-refractivity contribution in [1.82, 2.24) is 0 Å². The first-order valence-corrected chi connectivity index (χ1v) is 15.6. The molecule has 2 aliphatic carbocycles. The van der Waals surface area contributed by atoms with E-state index in [0.29, 0.717) is 10.9 Å². The average molecular weight is 547 g/mol. The minimum Gasteiger partial charge on any atom is -0.427 e. The topological polar surface area (TPSA) is 30.2 Å². The van der Waals surface area contributed by atoms with E-state index >= 15 is 4.39 Å². The van der Waals surface area contributed by atoms with E-state index in [0.717, 1.165) is 74.2 Å². The molecule has 2 aliphatic rings. The van der Waals surface area contributed by atoms with Crippen molar-refractivity contribution in [2.45, 2.75) is 115 Å². The Morgan fingerprint density at radius 3 is 2.23 bits per heavy atom. The number of aryl methyl sites for hydroxylation is 1. The van der Waals surface area contributed by atoms with Gasteiger partial charge in [-0.2, -0.15) is 0 Å². The Kier molecular flexibility index (Phi) is 9.55. The lowest BCUT2D eigenvalue weighted by atomic mass is 9.75. The highest BCUT2D eigenvalue weighted by Crippen LogP contribution is 2.43. The maximum absolute atomic E-state index is 15.8. The average Bonchev–Trinajstić information content (AvgIpc) is 2.97. The number of hydrogen-bond donors (Lipinski definition) is 0. The van der Waals surface area contributed by atoms with Gasteiger partial charge in [0.2, 0.25) is 0 Å². The van der Waals surface area contributed by atoms with Crippen molar-refractivity contribution < 1.29 is 13.2 Å². The van der Waals surface area contributed by atoms with Gasteiger partial charge in [0, 0.05) is 5.92 Å². The van der Waals surface area contributed by atoms with Crippen LogP contribution in [0.4, 0.5) is 8.78 Å². The highest BCUT2D eigenvalue weighted by atomic mass is 19.1. The zero-order valence-electron chi connectivity index (χ0n) is 24.0. The van der Waals surface area contributed by atoms with Crippen LogP contribution < -0.4 is 5.63 Å². The van der Waals surface area contributed by atoms with Crippen LogP contribution in [0.3, 0.4) is 0 Å². The van der Waals surface area contributed by atoms with Crippen LogP contribution in [0.5, 0.6) is 0 Å². The number of hydrogen-bond acceptors (Lipinski definition) is 2.